The Morgan fingerprint density at radius 1 is 1.46 bits per heavy atom. The summed E-state index contributed by atoms with van der Waals surface area (Å²) in [7, 11) is 0. The number of aliphatic imine (C=N–C) groups is 1. The van der Waals surface area contributed by atoms with E-state index >= 15 is 0 Å². The van der Waals surface area contributed by atoms with E-state index < -0.39 is 0 Å². The number of hydrogen-bond donors (Lipinski definition) is 2. The van der Waals surface area contributed by atoms with Gasteiger partial charge in [-0.25, -0.2) is 15.0 Å². The minimum Gasteiger partial charge on any atom is -0.290 e. The Hall–Kier alpha value is -1.49. The van der Waals surface area contributed by atoms with Crippen LogP contribution in [0.3, 0.4) is 0 Å². The maximum Gasteiger partial charge on any atom is 0.160 e. The molecule has 0 fully saturated rings. The van der Waals surface area contributed by atoms with E-state index in [1.54, 1.807) is 0 Å². The number of aromatic nitrogens is 2. The van der Waals surface area contributed by atoms with Gasteiger partial charge in [0.25, 0.3) is 0 Å². The molecular formula is C8H10N4O. The molecule has 5 nitrogen and oxygen atoms in total. The summed E-state index contributed by atoms with van der Waals surface area (Å²) in [5.41, 5.74) is 4.04. The molecule has 0 spiro atoms. The molecule has 0 saturated carbocycles. The first-order chi connectivity index (χ1) is 6.42. The normalized spacial score (nSPS) is 14.8. The van der Waals surface area contributed by atoms with Crippen LogP contribution in [0.1, 0.15) is 17.7 Å². The third-order valence-corrected chi connectivity index (χ3v) is 2.10. The zero-order chi connectivity index (χ0) is 9.10. The van der Waals surface area contributed by atoms with Crippen LogP contribution in [-0.2, 0) is 12.8 Å². The Balaban J connectivity index is 2.36. The molecule has 1 aromatic heterocycles. The monoisotopic (exact) mass is 178 g/mol. The Kier molecular flexibility index (Phi) is 2.18. The molecule has 1 aliphatic carbocycles. The topological polar surface area (TPSA) is 70.4 Å². The van der Waals surface area contributed by atoms with Gasteiger partial charge in [0.05, 0.1) is 0 Å². The summed E-state index contributed by atoms with van der Waals surface area (Å²) in [6, 6.07) is 0. The Morgan fingerprint density at radius 2 is 2.38 bits per heavy atom. The van der Waals surface area contributed by atoms with Crippen LogP contribution in [0.15, 0.2) is 11.3 Å². The highest BCUT2D eigenvalue weighted by atomic mass is 16.5. The number of aryl methyl sites for hydroxylation is 1. The average molecular weight is 178 g/mol. The molecule has 0 atom stereocenters. The van der Waals surface area contributed by atoms with Gasteiger partial charge in [0.15, 0.2) is 5.82 Å². The molecule has 5 heteroatoms. The zero-order valence-corrected chi connectivity index (χ0v) is 7.06. The standard InChI is InChI=1S/C8H10N4O/c13-12-5-11-8-6-2-1-3-7(6)9-4-10-8/h4-5,13H,1-3H2,(H,9,10,11,12). The van der Waals surface area contributed by atoms with Crippen molar-refractivity contribution in [1.29, 1.82) is 0 Å². The van der Waals surface area contributed by atoms with Crippen LogP contribution in [0.2, 0.25) is 0 Å². The molecule has 2 N–H and O–H groups in total. The van der Waals surface area contributed by atoms with Crippen molar-refractivity contribution in [1.82, 2.24) is 15.4 Å². The second-order valence-electron chi connectivity index (χ2n) is 2.86. The lowest BCUT2D eigenvalue weighted by Crippen LogP contribution is -2.02. The van der Waals surface area contributed by atoms with Gasteiger partial charge in [-0.2, -0.15) is 0 Å². The molecule has 13 heavy (non-hydrogen) atoms. The zero-order valence-electron chi connectivity index (χ0n) is 7.06. The highest BCUT2D eigenvalue weighted by Crippen LogP contribution is 2.26. The molecule has 1 aliphatic rings. The Labute approximate surface area is 75.5 Å². The minimum atomic E-state index is 0.657. The molecule has 0 aromatic carbocycles. The van der Waals surface area contributed by atoms with E-state index in [9.17, 15) is 0 Å². The summed E-state index contributed by atoms with van der Waals surface area (Å²) in [6.07, 6.45) is 5.82. The summed E-state index contributed by atoms with van der Waals surface area (Å²) in [6.45, 7) is 0. The van der Waals surface area contributed by atoms with Gasteiger partial charge >= 0.3 is 0 Å². The van der Waals surface area contributed by atoms with Crippen molar-refractivity contribution >= 4 is 12.2 Å². The second kappa shape index (κ2) is 3.49. The fourth-order valence-corrected chi connectivity index (χ4v) is 1.54. The average Bonchev–Trinajstić information content (AvgIpc) is 2.62. The summed E-state index contributed by atoms with van der Waals surface area (Å²) in [4.78, 5) is 12.1. The van der Waals surface area contributed by atoms with Crippen molar-refractivity contribution in [3.05, 3.63) is 17.6 Å². The molecule has 0 unspecified atom stereocenters. The molecule has 0 saturated heterocycles. The van der Waals surface area contributed by atoms with Gasteiger partial charge in [-0.1, -0.05) is 0 Å². The van der Waals surface area contributed by atoms with Crippen molar-refractivity contribution < 1.29 is 5.21 Å². The first-order valence-corrected chi connectivity index (χ1v) is 4.16. The van der Waals surface area contributed by atoms with Gasteiger partial charge in [-0.05, 0) is 19.3 Å². The van der Waals surface area contributed by atoms with E-state index in [4.69, 9.17) is 5.21 Å². The first kappa shape index (κ1) is 8.12. The Bertz CT molecular complexity index is 337. The first-order valence-electron chi connectivity index (χ1n) is 4.16. The lowest BCUT2D eigenvalue weighted by Gasteiger charge is -1.99. The van der Waals surface area contributed by atoms with Gasteiger partial charge in [-0.15, -0.1) is 0 Å². The van der Waals surface area contributed by atoms with E-state index in [-0.39, 0.29) is 0 Å². The summed E-state index contributed by atoms with van der Waals surface area (Å²) in [5, 5.41) is 8.33. The molecule has 0 amide bonds. The summed E-state index contributed by atoms with van der Waals surface area (Å²) >= 11 is 0. The second-order valence-corrected chi connectivity index (χ2v) is 2.86. The SMILES string of the molecule is ONC=Nc1ncnc2c1CCC2. The molecule has 0 aliphatic heterocycles. The van der Waals surface area contributed by atoms with Crippen LogP contribution in [0, 0.1) is 0 Å². The van der Waals surface area contributed by atoms with Crippen molar-refractivity contribution in [3.8, 4) is 0 Å². The van der Waals surface area contributed by atoms with Crippen LogP contribution < -0.4 is 5.48 Å². The van der Waals surface area contributed by atoms with Gasteiger partial charge in [0.1, 0.15) is 12.7 Å². The highest BCUT2D eigenvalue weighted by molar-refractivity contribution is 5.60. The van der Waals surface area contributed by atoms with Crippen LogP contribution in [0.25, 0.3) is 0 Å². The largest absolute Gasteiger partial charge is 0.290 e. The predicted octanol–water partition coefficient (Wildman–Crippen LogP) is 0.604. The quantitative estimate of drug-likeness (QED) is 0.395. The highest BCUT2D eigenvalue weighted by Gasteiger charge is 2.15. The molecule has 1 heterocycles. The third-order valence-electron chi connectivity index (χ3n) is 2.10. The fourth-order valence-electron chi connectivity index (χ4n) is 1.54. The number of hydroxylamine groups is 1. The smallest absolute Gasteiger partial charge is 0.160 e. The summed E-state index contributed by atoms with van der Waals surface area (Å²) < 4.78 is 0. The Morgan fingerprint density at radius 3 is 3.23 bits per heavy atom. The van der Waals surface area contributed by atoms with Crippen LogP contribution >= 0.6 is 0 Å². The molecule has 0 radical (unpaired) electrons. The van der Waals surface area contributed by atoms with Gasteiger partial charge < -0.3 is 0 Å². The number of nitrogens with one attached hydrogen (secondary N) is 1. The van der Waals surface area contributed by atoms with Gasteiger partial charge in [0.2, 0.25) is 0 Å². The predicted molar refractivity (Wildman–Crippen MR) is 47.1 cm³/mol. The molecule has 68 valence electrons. The lowest BCUT2D eigenvalue weighted by molar-refractivity contribution is 0.240. The van der Waals surface area contributed by atoms with E-state index in [0.29, 0.717) is 5.82 Å². The van der Waals surface area contributed by atoms with E-state index in [2.05, 4.69) is 15.0 Å². The van der Waals surface area contributed by atoms with Crippen molar-refractivity contribution in [2.45, 2.75) is 19.3 Å². The molecule has 1 aromatic rings. The minimum absolute atomic E-state index is 0.657. The van der Waals surface area contributed by atoms with Crippen LogP contribution in [0.4, 0.5) is 5.82 Å². The maximum absolute atomic E-state index is 8.33. The number of fused-ring (bicyclic) bond motifs is 1. The van der Waals surface area contributed by atoms with E-state index in [1.165, 1.54) is 12.7 Å². The molecule has 0 bridgehead atoms. The number of hydrogen-bond acceptors (Lipinski definition) is 4. The third kappa shape index (κ3) is 1.50. The number of rotatable bonds is 2. The summed E-state index contributed by atoms with van der Waals surface area (Å²) in [5.74, 6) is 0.657. The van der Waals surface area contributed by atoms with Crippen LogP contribution in [-0.4, -0.2) is 21.5 Å². The lowest BCUT2D eigenvalue weighted by atomic mass is 10.2. The van der Waals surface area contributed by atoms with Crippen molar-refractivity contribution in [2.24, 2.45) is 4.99 Å². The van der Waals surface area contributed by atoms with Gasteiger partial charge in [-0.3, -0.25) is 10.7 Å². The van der Waals surface area contributed by atoms with E-state index in [0.717, 1.165) is 30.5 Å². The fraction of sp³-hybridized carbons (Fsp3) is 0.375. The molecular weight excluding hydrogens is 168 g/mol. The maximum atomic E-state index is 8.33. The van der Waals surface area contributed by atoms with Crippen molar-refractivity contribution in [2.75, 3.05) is 0 Å². The molecule has 2 rings (SSSR count). The van der Waals surface area contributed by atoms with Crippen LogP contribution in [0.5, 0.6) is 0 Å². The van der Waals surface area contributed by atoms with E-state index in [1.807, 2.05) is 5.48 Å². The van der Waals surface area contributed by atoms with Crippen molar-refractivity contribution in [3.63, 3.8) is 0 Å². The van der Waals surface area contributed by atoms with Gasteiger partial charge in [0, 0.05) is 11.3 Å². The number of nitrogens with zero attached hydrogens (tertiary/aromatic N) is 3.